The van der Waals surface area contributed by atoms with Crippen LogP contribution in [0, 0.1) is 5.92 Å². The van der Waals surface area contributed by atoms with Crippen LogP contribution in [0.2, 0.25) is 0 Å². The molecule has 0 aliphatic heterocycles. The van der Waals surface area contributed by atoms with Gasteiger partial charge in [0.2, 0.25) is 5.91 Å². The Balaban J connectivity index is 2.56. The molecule has 0 aromatic rings. The lowest BCUT2D eigenvalue weighted by Crippen LogP contribution is -2.42. The summed E-state index contributed by atoms with van der Waals surface area (Å²) in [4.78, 5) is 13.7. The van der Waals surface area contributed by atoms with Gasteiger partial charge in [-0.15, -0.1) is 0 Å². The van der Waals surface area contributed by atoms with E-state index in [0.29, 0.717) is 0 Å². The topological polar surface area (TPSA) is 54.5 Å². The SMILES string of the molecule is CCS(=O)(=O)C[C@H](C)N(C)C(=O)C1CCCC1. The summed E-state index contributed by atoms with van der Waals surface area (Å²) >= 11 is 0. The second kappa shape index (κ2) is 5.85. The second-order valence-electron chi connectivity index (χ2n) is 4.98. The zero-order valence-corrected chi connectivity index (χ0v) is 11.8. The summed E-state index contributed by atoms with van der Waals surface area (Å²) in [6.45, 7) is 3.45. The van der Waals surface area contributed by atoms with Crippen molar-refractivity contribution in [2.24, 2.45) is 5.92 Å². The van der Waals surface area contributed by atoms with E-state index in [1.807, 2.05) is 0 Å². The molecule has 0 bridgehead atoms. The minimum absolute atomic E-state index is 0.0679. The third kappa shape index (κ3) is 3.98. The number of hydrogen-bond acceptors (Lipinski definition) is 3. The van der Waals surface area contributed by atoms with E-state index in [-0.39, 0.29) is 29.4 Å². The molecule has 5 heteroatoms. The van der Waals surface area contributed by atoms with Gasteiger partial charge in [0.1, 0.15) is 0 Å². The lowest BCUT2D eigenvalue weighted by atomic mass is 10.1. The van der Waals surface area contributed by atoms with E-state index in [1.165, 1.54) is 0 Å². The van der Waals surface area contributed by atoms with Crippen molar-refractivity contribution < 1.29 is 13.2 Å². The van der Waals surface area contributed by atoms with Gasteiger partial charge in [0, 0.05) is 24.8 Å². The number of rotatable bonds is 5. The van der Waals surface area contributed by atoms with E-state index in [2.05, 4.69) is 0 Å². The van der Waals surface area contributed by atoms with Crippen molar-refractivity contribution in [2.75, 3.05) is 18.6 Å². The Morgan fingerprint density at radius 1 is 1.35 bits per heavy atom. The maximum Gasteiger partial charge on any atom is 0.225 e. The van der Waals surface area contributed by atoms with Crippen molar-refractivity contribution in [2.45, 2.75) is 45.6 Å². The molecule has 0 saturated heterocycles. The van der Waals surface area contributed by atoms with E-state index < -0.39 is 9.84 Å². The highest BCUT2D eigenvalue weighted by Gasteiger charge is 2.29. The zero-order chi connectivity index (χ0) is 13.1. The van der Waals surface area contributed by atoms with Gasteiger partial charge in [-0.1, -0.05) is 19.8 Å². The fourth-order valence-corrected chi connectivity index (χ4v) is 3.47. The third-order valence-corrected chi connectivity index (χ3v) is 5.52. The van der Waals surface area contributed by atoms with Crippen molar-refractivity contribution in [3.05, 3.63) is 0 Å². The van der Waals surface area contributed by atoms with Gasteiger partial charge >= 0.3 is 0 Å². The molecular formula is C12H23NO3S. The van der Waals surface area contributed by atoms with E-state index in [9.17, 15) is 13.2 Å². The molecule has 0 unspecified atom stereocenters. The number of carbonyl (C=O) groups is 1. The summed E-state index contributed by atoms with van der Waals surface area (Å²) in [7, 11) is -1.30. The van der Waals surface area contributed by atoms with Crippen LogP contribution in [-0.2, 0) is 14.6 Å². The van der Waals surface area contributed by atoms with Crippen molar-refractivity contribution in [3.63, 3.8) is 0 Å². The zero-order valence-electron chi connectivity index (χ0n) is 11.0. The molecule has 0 spiro atoms. The molecule has 0 heterocycles. The standard InChI is InChI=1S/C12H23NO3S/c1-4-17(15,16)9-10(2)13(3)12(14)11-7-5-6-8-11/h10-11H,4-9H2,1-3H3/t10-/m0/s1. The molecule has 1 saturated carbocycles. The molecule has 1 rings (SSSR count). The highest BCUT2D eigenvalue weighted by molar-refractivity contribution is 7.91. The van der Waals surface area contributed by atoms with Crippen LogP contribution >= 0.6 is 0 Å². The molecule has 0 aromatic heterocycles. The summed E-state index contributed by atoms with van der Waals surface area (Å²) in [6.07, 6.45) is 4.14. The lowest BCUT2D eigenvalue weighted by Gasteiger charge is -2.27. The third-order valence-electron chi connectivity index (χ3n) is 3.65. The normalized spacial score (nSPS) is 19.2. The maximum atomic E-state index is 12.1. The van der Waals surface area contributed by atoms with Crippen LogP contribution in [0.1, 0.15) is 39.5 Å². The van der Waals surface area contributed by atoms with Gasteiger partial charge in [0.15, 0.2) is 9.84 Å². The Bertz CT molecular complexity index is 358. The van der Waals surface area contributed by atoms with Crippen LogP contribution < -0.4 is 0 Å². The molecule has 0 radical (unpaired) electrons. The molecule has 1 aliphatic rings. The van der Waals surface area contributed by atoms with Gasteiger partial charge in [-0.2, -0.15) is 0 Å². The maximum absolute atomic E-state index is 12.1. The summed E-state index contributed by atoms with van der Waals surface area (Å²) < 4.78 is 23.0. The first-order valence-corrected chi connectivity index (χ1v) is 8.16. The predicted octanol–water partition coefficient (Wildman–Crippen LogP) is 1.46. The number of carbonyl (C=O) groups excluding carboxylic acids is 1. The second-order valence-corrected chi connectivity index (χ2v) is 7.38. The average molecular weight is 261 g/mol. The molecule has 1 aliphatic carbocycles. The highest BCUT2D eigenvalue weighted by atomic mass is 32.2. The van der Waals surface area contributed by atoms with Crippen molar-refractivity contribution >= 4 is 15.7 Å². The van der Waals surface area contributed by atoms with Crippen LogP contribution in [0.3, 0.4) is 0 Å². The van der Waals surface area contributed by atoms with Crippen molar-refractivity contribution in [1.29, 1.82) is 0 Å². The van der Waals surface area contributed by atoms with Gasteiger partial charge in [-0.3, -0.25) is 4.79 Å². The monoisotopic (exact) mass is 261 g/mol. The molecule has 100 valence electrons. The van der Waals surface area contributed by atoms with Crippen molar-refractivity contribution in [3.8, 4) is 0 Å². The van der Waals surface area contributed by atoms with Gasteiger partial charge < -0.3 is 4.90 Å². The Labute approximate surface area is 104 Å². The first-order valence-electron chi connectivity index (χ1n) is 6.34. The van der Waals surface area contributed by atoms with Crippen LogP contribution in [-0.4, -0.2) is 43.8 Å². The molecule has 4 nitrogen and oxygen atoms in total. The van der Waals surface area contributed by atoms with Crippen LogP contribution in [0.25, 0.3) is 0 Å². The summed E-state index contributed by atoms with van der Waals surface area (Å²) in [6, 6.07) is -0.229. The van der Waals surface area contributed by atoms with Crippen LogP contribution in [0.15, 0.2) is 0 Å². The first-order chi connectivity index (χ1) is 7.87. The van der Waals surface area contributed by atoms with Gasteiger partial charge in [0.25, 0.3) is 0 Å². The van der Waals surface area contributed by atoms with Gasteiger partial charge in [-0.25, -0.2) is 8.42 Å². The number of nitrogens with zero attached hydrogens (tertiary/aromatic N) is 1. The number of hydrogen-bond donors (Lipinski definition) is 0. The Morgan fingerprint density at radius 3 is 2.35 bits per heavy atom. The van der Waals surface area contributed by atoms with E-state index >= 15 is 0 Å². The first kappa shape index (κ1) is 14.5. The Hall–Kier alpha value is -0.580. The van der Waals surface area contributed by atoms with Crippen LogP contribution in [0.4, 0.5) is 0 Å². The summed E-state index contributed by atoms with van der Waals surface area (Å²) in [5.41, 5.74) is 0. The van der Waals surface area contributed by atoms with E-state index in [1.54, 1.807) is 25.8 Å². The molecular weight excluding hydrogens is 238 g/mol. The van der Waals surface area contributed by atoms with Crippen molar-refractivity contribution in [1.82, 2.24) is 4.90 Å². The molecule has 0 N–H and O–H groups in total. The quantitative estimate of drug-likeness (QED) is 0.753. The fraction of sp³-hybridized carbons (Fsp3) is 0.917. The molecule has 1 atom stereocenters. The molecule has 1 amide bonds. The molecule has 1 fully saturated rings. The van der Waals surface area contributed by atoms with E-state index in [0.717, 1.165) is 25.7 Å². The number of amides is 1. The summed E-state index contributed by atoms with van der Waals surface area (Å²) in [5, 5.41) is 0. The Kier molecular flexibility index (Phi) is 4.98. The van der Waals surface area contributed by atoms with Gasteiger partial charge in [0.05, 0.1) is 5.75 Å². The number of sulfone groups is 1. The smallest absolute Gasteiger partial charge is 0.225 e. The average Bonchev–Trinajstić information content (AvgIpc) is 2.80. The Morgan fingerprint density at radius 2 is 1.88 bits per heavy atom. The molecule has 0 aromatic carbocycles. The highest BCUT2D eigenvalue weighted by Crippen LogP contribution is 2.26. The fourth-order valence-electron chi connectivity index (χ4n) is 2.28. The van der Waals surface area contributed by atoms with E-state index in [4.69, 9.17) is 0 Å². The predicted molar refractivity (Wildman–Crippen MR) is 68.5 cm³/mol. The largest absolute Gasteiger partial charge is 0.342 e. The summed E-state index contributed by atoms with van der Waals surface area (Å²) in [5.74, 6) is 0.439. The minimum Gasteiger partial charge on any atom is -0.342 e. The minimum atomic E-state index is -3.01. The van der Waals surface area contributed by atoms with Gasteiger partial charge in [-0.05, 0) is 19.8 Å². The lowest BCUT2D eigenvalue weighted by molar-refractivity contribution is -0.135. The van der Waals surface area contributed by atoms with Crippen LogP contribution in [0.5, 0.6) is 0 Å². The molecule has 17 heavy (non-hydrogen) atoms.